The normalized spacial score (nSPS) is 13.2. The van der Waals surface area contributed by atoms with E-state index in [9.17, 15) is 0 Å². The molecule has 1 rings (SSSR count). The summed E-state index contributed by atoms with van der Waals surface area (Å²) in [6.45, 7) is 2.83. The molecule has 0 aliphatic carbocycles. The van der Waals surface area contributed by atoms with Gasteiger partial charge in [-0.2, -0.15) is 0 Å². The van der Waals surface area contributed by atoms with Gasteiger partial charge < -0.3 is 4.90 Å². The maximum absolute atomic E-state index is 6.07. The standard InChI is InChI=1S/C11H18ClN3/c1-8-4-5-9(6-10(8)12)11(14-13)7-15(2)3/h4-6,11,14H,7,13H2,1-3H3. The lowest BCUT2D eigenvalue weighted by molar-refractivity contribution is 0.344. The monoisotopic (exact) mass is 227 g/mol. The second kappa shape index (κ2) is 5.47. The van der Waals surface area contributed by atoms with E-state index < -0.39 is 0 Å². The van der Waals surface area contributed by atoms with E-state index in [-0.39, 0.29) is 6.04 Å². The molecule has 1 aromatic rings. The first-order valence-electron chi connectivity index (χ1n) is 4.91. The minimum Gasteiger partial charge on any atom is -0.307 e. The molecule has 0 fully saturated rings. The zero-order valence-corrected chi connectivity index (χ0v) is 10.2. The maximum atomic E-state index is 6.07. The number of hydrogen-bond acceptors (Lipinski definition) is 3. The minimum atomic E-state index is 0.109. The van der Waals surface area contributed by atoms with Crippen molar-refractivity contribution in [2.75, 3.05) is 20.6 Å². The van der Waals surface area contributed by atoms with E-state index in [1.807, 2.05) is 33.2 Å². The Kier molecular flexibility index (Phi) is 4.54. The van der Waals surface area contributed by atoms with Gasteiger partial charge in [-0.25, -0.2) is 0 Å². The van der Waals surface area contributed by atoms with Crippen LogP contribution < -0.4 is 11.3 Å². The van der Waals surface area contributed by atoms with Gasteiger partial charge in [0.05, 0.1) is 6.04 Å². The predicted octanol–water partition coefficient (Wildman–Crippen LogP) is 1.71. The van der Waals surface area contributed by atoms with Gasteiger partial charge >= 0.3 is 0 Å². The number of halogens is 1. The van der Waals surface area contributed by atoms with Crippen molar-refractivity contribution >= 4 is 11.6 Å². The summed E-state index contributed by atoms with van der Waals surface area (Å²) < 4.78 is 0. The van der Waals surface area contributed by atoms with Crippen molar-refractivity contribution in [3.8, 4) is 0 Å². The number of hydrazine groups is 1. The lowest BCUT2D eigenvalue weighted by Crippen LogP contribution is -2.35. The quantitative estimate of drug-likeness (QED) is 0.608. The molecule has 1 unspecified atom stereocenters. The van der Waals surface area contributed by atoms with Crippen LogP contribution in [-0.2, 0) is 0 Å². The Labute approximate surface area is 96.2 Å². The zero-order valence-electron chi connectivity index (χ0n) is 9.42. The van der Waals surface area contributed by atoms with Crippen LogP contribution in [0.5, 0.6) is 0 Å². The number of aryl methyl sites for hydroxylation is 1. The number of rotatable bonds is 4. The fourth-order valence-corrected chi connectivity index (χ4v) is 1.63. The van der Waals surface area contributed by atoms with Gasteiger partial charge in [-0.15, -0.1) is 0 Å². The summed E-state index contributed by atoms with van der Waals surface area (Å²) >= 11 is 6.07. The van der Waals surface area contributed by atoms with Crippen molar-refractivity contribution in [3.05, 3.63) is 34.3 Å². The first-order valence-corrected chi connectivity index (χ1v) is 5.29. The van der Waals surface area contributed by atoms with Crippen LogP contribution in [0.15, 0.2) is 18.2 Å². The summed E-state index contributed by atoms with van der Waals surface area (Å²) in [5, 5.41) is 0.784. The smallest absolute Gasteiger partial charge is 0.0587 e. The summed E-state index contributed by atoms with van der Waals surface area (Å²) in [6, 6.07) is 6.13. The molecule has 0 aromatic heterocycles. The van der Waals surface area contributed by atoms with Crippen molar-refractivity contribution in [1.29, 1.82) is 0 Å². The summed E-state index contributed by atoms with van der Waals surface area (Å²) in [7, 11) is 4.03. The molecule has 1 atom stereocenters. The molecule has 3 N–H and O–H groups in total. The van der Waals surface area contributed by atoms with E-state index in [0.717, 1.165) is 22.7 Å². The van der Waals surface area contributed by atoms with Gasteiger partial charge in [-0.1, -0.05) is 23.7 Å². The van der Waals surface area contributed by atoms with Crippen LogP contribution in [0.4, 0.5) is 0 Å². The van der Waals surface area contributed by atoms with Crippen LogP contribution in [0.3, 0.4) is 0 Å². The molecule has 0 aliphatic rings. The predicted molar refractivity (Wildman–Crippen MR) is 64.8 cm³/mol. The van der Waals surface area contributed by atoms with Gasteiger partial charge in [-0.05, 0) is 38.2 Å². The van der Waals surface area contributed by atoms with Crippen LogP contribution in [0.25, 0.3) is 0 Å². The van der Waals surface area contributed by atoms with Crippen molar-refractivity contribution < 1.29 is 0 Å². The molecule has 0 amide bonds. The SMILES string of the molecule is Cc1ccc(C(CN(C)C)NN)cc1Cl. The Bertz CT molecular complexity index is 326. The second-order valence-electron chi connectivity index (χ2n) is 3.99. The van der Waals surface area contributed by atoms with E-state index in [2.05, 4.69) is 16.4 Å². The van der Waals surface area contributed by atoms with E-state index in [1.54, 1.807) is 0 Å². The highest BCUT2D eigenvalue weighted by Crippen LogP contribution is 2.21. The molecule has 15 heavy (non-hydrogen) atoms. The van der Waals surface area contributed by atoms with Gasteiger partial charge in [0.15, 0.2) is 0 Å². The highest BCUT2D eigenvalue weighted by atomic mass is 35.5. The highest BCUT2D eigenvalue weighted by Gasteiger charge is 2.11. The van der Waals surface area contributed by atoms with Gasteiger partial charge in [-0.3, -0.25) is 11.3 Å². The zero-order chi connectivity index (χ0) is 11.4. The molecular formula is C11H18ClN3. The first kappa shape index (κ1) is 12.5. The van der Waals surface area contributed by atoms with Gasteiger partial charge in [0.25, 0.3) is 0 Å². The molecule has 1 aromatic carbocycles. The number of benzene rings is 1. The Morgan fingerprint density at radius 3 is 2.60 bits per heavy atom. The topological polar surface area (TPSA) is 41.3 Å². The first-order chi connectivity index (χ1) is 7.04. The van der Waals surface area contributed by atoms with Crippen molar-refractivity contribution in [2.24, 2.45) is 5.84 Å². The van der Waals surface area contributed by atoms with Gasteiger partial charge in [0.1, 0.15) is 0 Å². The van der Waals surface area contributed by atoms with Crippen LogP contribution in [0, 0.1) is 6.92 Å². The Morgan fingerprint density at radius 1 is 1.47 bits per heavy atom. The average Bonchev–Trinajstić information content (AvgIpc) is 2.18. The number of nitrogens with zero attached hydrogens (tertiary/aromatic N) is 1. The second-order valence-corrected chi connectivity index (χ2v) is 4.40. The molecule has 0 saturated carbocycles. The van der Waals surface area contributed by atoms with Crippen molar-refractivity contribution in [2.45, 2.75) is 13.0 Å². The molecule has 4 heteroatoms. The largest absolute Gasteiger partial charge is 0.307 e. The van der Waals surface area contributed by atoms with Crippen LogP contribution in [-0.4, -0.2) is 25.5 Å². The van der Waals surface area contributed by atoms with Crippen molar-refractivity contribution in [1.82, 2.24) is 10.3 Å². The Hall–Kier alpha value is -0.610. The third-order valence-electron chi connectivity index (χ3n) is 2.35. The van der Waals surface area contributed by atoms with Crippen LogP contribution in [0.2, 0.25) is 5.02 Å². The molecular weight excluding hydrogens is 210 g/mol. The molecule has 0 saturated heterocycles. The van der Waals surface area contributed by atoms with Crippen LogP contribution >= 0.6 is 11.6 Å². The summed E-state index contributed by atoms with van der Waals surface area (Å²) in [4.78, 5) is 2.08. The summed E-state index contributed by atoms with van der Waals surface area (Å²) in [5.41, 5.74) is 4.99. The minimum absolute atomic E-state index is 0.109. The van der Waals surface area contributed by atoms with E-state index in [4.69, 9.17) is 17.4 Å². The van der Waals surface area contributed by atoms with Crippen molar-refractivity contribution in [3.63, 3.8) is 0 Å². The van der Waals surface area contributed by atoms with E-state index >= 15 is 0 Å². The Balaban J connectivity index is 2.87. The fraction of sp³-hybridized carbons (Fsp3) is 0.455. The van der Waals surface area contributed by atoms with Gasteiger partial charge in [0.2, 0.25) is 0 Å². The van der Waals surface area contributed by atoms with E-state index in [1.165, 1.54) is 0 Å². The maximum Gasteiger partial charge on any atom is 0.0587 e. The molecule has 0 spiro atoms. The molecule has 0 aliphatic heterocycles. The highest BCUT2D eigenvalue weighted by molar-refractivity contribution is 6.31. The third-order valence-corrected chi connectivity index (χ3v) is 2.75. The number of likely N-dealkylation sites (N-methyl/N-ethyl adjacent to an activating group) is 1. The fourth-order valence-electron chi connectivity index (χ4n) is 1.45. The molecule has 0 bridgehead atoms. The molecule has 0 radical (unpaired) electrons. The number of hydrogen-bond donors (Lipinski definition) is 2. The molecule has 0 heterocycles. The summed E-state index contributed by atoms with van der Waals surface area (Å²) in [6.07, 6.45) is 0. The van der Waals surface area contributed by atoms with E-state index in [0.29, 0.717) is 0 Å². The lowest BCUT2D eigenvalue weighted by Gasteiger charge is -2.21. The third kappa shape index (κ3) is 3.47. The summed E-state index contributed by atoms with van der Waals surface area (Å²) in [5.74, 6) is 5.52. The number of nitrogens with two attached hydrogens (primary N) is 1. The number of nitrogens with one attached hydrogen (secondary N) is 1. The molecule has 84 valence electrons. The Morgan fingerprint density at radius 2 is 2.13 bits per heavy atom. The lowest BCUT2D eigenvalue weighted by atomic mass is 10.1. The molecule has 3 nitrogen and oxygen atoms in total. The average molecular weight is 228 g/mol. The van der Waals surface area contributed by atoms with Crippen LogP contribution in [0.1, 0.15) is 17.2 Å². The van der Waals surface area contributed by atoms with Gasteiger partial charge in [0, 0.05) is 11.6 Å².